The van der Waals surface area contributed by atoms with Gasteiger partial charge in [-0.25, -0.2) is 19.6 Å². The highest BCUT2D eigenvalue weighted by Crippen LogP contribution is 2.32. The first kappa shape index (κ1) is 31.1. The largest absolute Gasteiger partial charge is 0.323 e. The minimum Gasteiger partial charge on any atom is -0.308 e. The SMILES string of the molecule is O=C(Nc1ccc(-c2nc(-c3ccccc3)c3ccc(NC(=O)Nc4ccc(Cl)c(Cl)c4)cc3n2)cc1)Nc1ccc(Cl)c(Cl)c1. The highest BCUT2D eigenvalue weighted by Gasteiger charge is 2.14. The maximum absolute atomic E-state index is 12.8. The van der Waals surface area contributed by atoms with Gasteiger partial charge in [-0.2, -0.15) is 0 Å². The van der Waals surface area contributed by atoms with Crippen LogP contribution in [0.5, 0.6) is 0 Å². The number of rotatable bonds is 6. The number of hydrogen-bond donors (Lipinski definition) is 4. The summed E-state index contributed by atoms with van der Waals surface area (Å²) >= 11 is 24.1. The molecule has 0 radical (unpaired) electrons. The van der Waals surface area contributed by atoms with Gasteiger partial charge in [-0.3, -0.25) is 0 Å². The molecule has 1 heterocycles. The van der Waals surface area contributed by atoms with Crippen LogP contribution in [0.3, 0.4) is 0 Å². The van der Waals surface area contributed by atoms with E-state index in [-0.39, 0.29) is 0 Å². The molecule has 228 valence electrons. The fourth-order valence-corrected chi connectivity index (χ4v) is 5.19. The predicted octanol–water partition coefficient (Wildman–Crippen LogP) is 10.9. The summed E-state index contributed by atoms with van der Waals surface area (Å²) in [5.74, 6) is 0.468. The van der Waals surface area contributed by atoms with Crippen LogP contribution in [-0.2, 0) is 0 Å². The molecule has 1 aromatic heterocycles. The zero-order chi connectivity index (χ0) is 32.2. The average Bonchev–Trinajstić information content (AvgIpc) is 3.04. The van der Waals surface area contributed by atoms with Crippen molar-refractivity contribution < 1.29 is 9.59 Å². The highest BCUT2D eigenvalue weighted by atomic mass is 35.5. The minimum absolute atomic E-state index is 0.332. The van der Waals surface area contributed by atoms with Crippen LogP contribution in [0, 0.1) is 0 Å². The van der Waals surface area contributed by atoms with Crippen LogP contribution in [-0.4, -0.2) is 22.0 Å². The molecule has 0 aliphatic rings. The number of carbonyl (C=O) groups excluding carboxylic acids is 2. The van der Waals surface area contributed by atoms with Crippen LogP contribution in [0.2, 0.25) is 20.1 Å². The van der Waals surface area contributed by atoms with Gasteiger partial charge in [0, 0.05) is 39.3 Å². The van der Waals surface area contributed by atoms with Gasteiger partial charge in [0.15, 0.2) is 5.82 Å². The molecule has 5 aromatic carbocycles. The van der Waals surface area contributed by atoms with Crippen LogP contribution in [0.4, 0.5) is 32.3 Å². The Labute approximate surface area is 283 Å². The van der Waals surface area contributed by atoms with E-state index < -0.39 is 12.1 Å². The van der Waals surface area contributed by atoms with E-state index in [0.717, 1.165) is 22.2 Å². The van der Waals surface area contributed by atoms with Gasteiger partial charge in [-0.15, -0.1) is 0 Å². The molecule has 12 heteroatoms. The molecule has 0 bridgehead atoms. The number of urea groups is 2. The first-order valence-corrected chi connectivity index (χ1v) is 15.3. The number of benzene rings is 5. The van der Waals surface area contributed by atoms with E-state index >= 15 is 0 Å². The molecule has 8 nitrogen and oxygen atoms in total. The molecule has 0 unspecified atom stereocenters. The second-order valence-corrected chi connectivity index (χ2v) is 11.6. The van der Waals surface area contributed by atoms with Gasteiger partial charge in [0.2, 0.25) is 0 Å². The maximum Gasteiger partial charge on any atom is 0.323 e. The summed E-state index contributed by atoms with van der Waals surface area (Å²) in [6.07, 6.45) is 0. The van der Waals surface area contributed by atoms with Crippen LogP contribution in [0.25, 0.3) is 33.5 Å². The second kappa shape index (κ2) is 13.6. The van der Waals surface area contributed by atoms with Gasteiger partial charge in [0.25, 0.3) is 0 Å². The molecule has 4 N–H and O–H groups in total. The van der Waals surface area contributed by atoms with Crippen LogP contribution in [0.15, 0.2) is 109 Å². The standard InChI is InChI=1S/C34H22Cl4N6O2/c35-26-14-11-22(16-28(26)37)40-33(45)39-21-8-6-20(7-9-21)32-43-30-18-24(42-34(46)41-23-12-15-27(36)29(38)17-23)10-13-25(30)31(44-32)19-4-2-1-3-5-19/h1-18H,(H2,39,40,45)(H2,41,42,46). The van der Waals surface area contributed by atoms with Crippen molar-refractivity contribution in [1.29, 1.82) is 0 Å². The molecule has 0 saturated heterocycles. The quantitative estimate of drug-likeness (QED) is 0.140. The topological polar surface area (TPSA) is 108 Å². The molecule has 0 atom stereocenters. The number of hydrogen-bond acceptors (Lipinski definition) is 4. The summed E-state index contributed by atoms with van der Waals surface area (Å²) in [5, 5.41) is 13.4. The van der Waals surface area contributed by atoms with Gasteiger partial charge in [-0.05, 0) is 78.9 Å². The summed E-state index contributed by atoms with van der Waals surface area (Å²) in [6, 6.07) is 31.1. The lowest BCUT2D eigenvalue weighted by atomic mass is 10.0. The highest BCUT2D eigenvalue weighted by molar-refractivity contribution is 6.42. The molecular formula is C34H22Cl4N6O2. The Bertz CT molecular complexity index is 2090. The van der Waals surface area contributed by atoms with Gasteiger partial charge in [0.1, 0.15) is 0 Å². The summed E-state index contributed by atoms with van der Waals surface area (Å²) in [5.41, 5.74) is 5.08. The Morgan fingerprint density at radius 1 is 0.478 bits per heavy atom. The average molecular weight is 688 g/mol. The fraction of sp³-hybridized carbons (Fsp3) is 0. The summed E-state index contributed by atoms with van der Waals surface area (Å²) in [4.78, 5) is 35.0. The van der Waals surface area contributed by atoms with Gasteiger partial charge in [0.05, 0.1) is 31.3 Å². The van der Waals surface area contributed by atoms with Crippen molar-refractivity contribution in [3.05, 3.63) is 129 Å². The van der Waals surface area contributed by atoms with Crippen LogP contribution < -0.4 is 21.3 Å². The van der Waals surface area contributed by atoms with E-state index in [9.17, 15) is 9.59 Å². The molecule has 0 aliphatic heterocycles. The summed E-state index contributed by atoms with van der Waals surface area (Å²) in [6.45, 7) is 0. The molecule has 0 fully saturated rings. The monoisotopic (exact) mass is 686 g/mol. The zero-order valence-corrected chi connectivity index (χ0v) is 26.6. The molecule has 6 aromatic rings. The fourth-order valence-electron chi connectivity index (χ4n) is 4.59. The number of aromatic nitrogens is 2. The van der Waals surface area contributed by atoms with Gasteiger partial charge >= 0.3 is 12.1 Å². The van der Waals surface area contributed by atoms with Crippen molar-refractivity contribution in [2.24, 2.45) is 0 Å². The van der Waals surface area contributed by atoms with Crippen molar-refractivity contribution in [2.75, 3.05) is 21.3 Å². The van der Waals surface area contributed by atoms with Crippen molar-refractivity contribution >= 4 is 92.1 Å². The third-order valence-corrected chi connectivity index (χ3v) is 8.24. The van der Waals surface area contributed by atoms with Crippen molar-refractivity contribution in [2.45, 2.75) is 0 Å². The Morgan fingerprint density at radius 3 is 1.54 bits per heavy atom. The first-order valence-electron chi connectivity index (χ1n) is 13.8. The van der Waals surface area contributed by atoms with E-state index in [1.807, 2.05) is 48.5 Å². The van der Waals surface area contributed by atoms with Gasteiger partial charge < -0.3 is 21.3 Å². The predicted molar refractivity (Wildman–Crippen MR) is 189 cm³/mol. The molecule has 0 aliphatic carbocycles. The lowest BCUT2D eigenvalue weighted by Crippen LogP contribution is -2.19. The Kier molecular flexibility index (Phi) is 9.23. The minimum atomic E-state index is -0.457. The first-order chi connectivity index (χ1) is 22.2. The lowest BCUT2D eigenvalue weighted by molar-refractivity contribution is 0.261. The summed E-state index contributed by atoms with van der Waals surface area (Å²) < 4.78 is 0. The number of nitrogens with zero attached hydrogens (tertiary/aromatic N) is 2. The van der Waals surface area contributed by atoms with E-state index in [1.54, 1.807) is 60.7 Å². The number of nitrogens with one attached hydrogen (secondary N) is 4. The molecule has 46 heavy (non-hydrogen) atoms. The number of halogens is 4. The van der Waals surface area contributed by atoms with E-state index in [1.165, 1.54) is 0 Å². The third kappa shape index (κ3) is 7.33. The number of anilines is 4. The summed E-state index contributed by atoms with van der Waals surface area (Å²) in [7, 11) is 0. The van der Waals surface area contributed by atoms with Crippen LogP contribution >= 0.6 is 46.4 Å². The number of amides is 4. The van der Waals surface area contributed by atoms with Crippen molar-refractivity contribution in [1.82, 2.24) is 9.97 Å². The second-order valence-electron chi connectivity index (χ2n) is 9.99. The third-order valence-electron chi connectivity index (χ3n) is 6.76. The molecule has 4 amide bonds. The number of carbonyl (C=O) groups is 2. The molecule has 6 rings (SSSR count). The van der Waals surface area contributed by atoms with E-state index in [0.29, 0.717) is 54.2 Å². The Balaban J connectivity index is 1.25. The smallest absolute Gasteiger partial charge is 0.308 e. The zero-order valence-electron chi connectivity index (χ0n) is 23.6. The maximum atomic E-state index is 12.8. The Morgan fingerprint density at radius 2 is 0.978 bits per heavy atom. The van der Waals surface area contributed by atoms with Crippen LogP contribution in [0.1, 0.15) is 0 Å². The normalized spacial score (nSPS) is 10.8. The number of fused-ring (bicyclic) bond motifs is 1. The van der Waals surface area contributed by atoms with Crippen molar-refractivity contribution in [3.63, 3.8) is 0 Å². The molecule has 0 spiro atoms. The molecular weight excluding hydrogens is 666 g/mol. The van der Waals surface area contributed by atoms with E-state index in [2.05, 4.69) is 21.3 Å². The Hall–Kier alpha value is -4.86. The van der Waals surface area contributed by atoms with Crippen molar-refractivity contribution in [3.8, 4) is 22.6 Å². The van der Waals surface area contributed by atoms with Gasteiger partial charge in [-0.1, -0.05) is 76.7 Å². The molecule has 0 saturated carbocycles. The lowest BCUT2D eigenvalue weighted by Gasteiger charge is -2.13. The van der Waals surface area contributed by atoms with E-state index in [4.69, 9.17) is 56.4 Å².